The first-order valence-corrected chi connectivity index (χ1v) is 8.23. The normalized spacial score (nSPS) is 18.8. The zero-order valence-corrected chi connectivity index (χ0v) is 14.0. The molecule has 132 valence electrons. The zero-order valence-electron chi connectivity index (χ0n) is 14.0. The molecule has 5 heteroatoms. The first-order valence-electron chi connectivity index (χ1n) is 8.23. The van der Waals surface area contributed by atoms with E-state index in [0.29, 0.717) is 33.9 Å². The number of hydrogen-bond donors (Lipinski definition) is 1. The van der Waals surface area contributed by atoms with Crippen molar-refractivity contribution in [1.82, 2.24) is 0 Å². The van der Waals surface area contributed by atoms with Crippen LogP contribution >= 0.6 is 0 Å². The third kappa shape index (κ3) is 2.69. The Morgan fingerprint density at radius 3 is 2.58 bits per heavy atom. The highest BCUT2D eigenvalue weighted by Gasteiger charge is 2.36. The predicted molar refractivity (Wildman–Crippen MR) is 95.3 cm³/mol. The van der Waals surface area contributed by atoms with Gasteiger partial charge in [0.25, 0.3) is 0 Å². The van der Waals surface area contributed by atoms with Gasteiger partial charge in [-0.1, -0.05) is 37.3 Å². The van der Waals surface area contributed by atoms with Gasteiger partial charge < -0.3 is 10.5 Å². The van der Waals surface area contributed by atoms with Gasteiger partial charge in [-0.3, -0.25) is 0 Å². The van der Waals surface area contributed by atoms with Crippen LogP contribution in [0.1, 0.15) is 23.6 Å². The number of alkyl halides is 3. The standard InChI is InChI=1S/C21H16F3NO/c1-12-6-8-15-18(10-12)26-19-11-13(25)7-9-16(19)20(15)14-4-2-3-5-17(14)21(22,23)24/h2-12H,25H2,1H3. The molecule has 4 rings (SSSR count). The summed E-state index contributed by atoms with van der Waals surface area (Å²) in [7, 11) is 0. The van der Waals surface area contributed by atoms with E-state index in [2.05, 4.69) is 0 Å². The lowest BCUT2D eigenvalue weighted by atomic mass is 9.84. The first-order chi connectivity index (χ1) is 12.3. The summed E-state index contributed by atoms with van der Waals surface area (Å²) in [6.07, 6.45) is 1.23. The number of ether oxygens (including phenoxy) is 1. The summed E-state index contributed by atoms with van der Waals surface area (Å²) in [5.74, 6) is 1.16. The molecule has 1 atom stereocenters. The summed E-state index contributed by atoms with van der Waals surface area (Å²) in [4.78, 5) is 0. The summed E-state index contributed by atoms with van der Waals surface area (Å²) >= 11 is 0. The second-order valence-corrected chi connectivity index (χ2v) is 6.44. The minimum atomic E-state index is -4.45. The molecule has 0 saturated heterocycles. The molecule has 0 aromatic heterocycles. The van der Waals surface area contributed by atoms with E-state index in [4.69, 9.17) is 10.5 Å². The van der Waals surface area contributed by atoms with Gasteiger partial charge in [-0.15, -0.1) is 0 Å². The third-order valence-electron chi connectivity index (χ3n) is 4.51. The number of nitrogens with two attached hydrogens (primary N) is 1. The molecular weight excluding hydrogens is 339 g/mol. The van der Waals surface area contributed by atoms with Gasteiger partial charge in [-0.25, -0.2) is 0 Å². The number of allylic oxidation sites excluding steroid dienone is 3. The van der Waals surface area contributed by atoms with E-state index in [1.165, 1.54) is 12.1 Å². The lowest BCUT2D eigenvalue weighted by molar-refractivity contribution is -0.137. The highest BCUT2D eigenvalue weighted by molar-refractivity contribution is 5.92. The Hall–Kier alpha value is -2.95. The fourth-order valence-electron chi connectivity index (χ4n) is 3.34. The van der Waals surface area contributed by atoms with Crippen LogP contribution in [0.2, 0.25) is 0 Å². The van der Waals surface area contributed by atoms with Crippen molar-refractivity contribution in [2.45, 2.75) is 13.1 Å². The zero-order chi connectivity index (χ0) is 18.5. The van der Waals surface area contributed by atoms with Crippen LogP contribution in [-0.4, -0.2) is 0 Å². The molecule has 1 aliphatic carbocycles. The van der Waals surface area contributed by atoms with Gasteiger partial charge >= 0.3 is 6.18 Å². The minimum Gasteiger partial charge on any atom is -0.456 e. The van der Waals surface area contributed by atoms with Gasteiger partial charge in [0, 0.05) is 28.5 Å². The van der Waals surface area contributed by atoms with E-state index in [1.807, 2.05) is 25.2 Å². The minimum absolute atomic E-state index is 0.134. The molecule has 0 amide bonds. The molecule has 0 fully saturated rings. The van der Waals surface area contributed by atoms with Gasteiger partial charge in [-0.2, -0.15) is 13.2 Å². The van der Waals surface area contributed by atoms with Crippen LogP contribution in [0, 0.1) is 5.92 Å². The lowest BCUT2D eigenvalue weighted by Crippen LogP contribution is -2.16. The Kier molecular flexibility index (Phi) is 3.68. The average molecular weight is 355 g/mol. The van der Waals surface area contributed by atoms with Gasteiger partial charge in [-0.05, 0) is 35.8 Å². The first kappa shape index (κ1) is 16.5. The molecule has 1 unspecified atom stereocenters. The fourth-order valence-corrected chi connectivity index (χ4v) is 3.34. The molecule has 0 bridgehead atoms. The Morgan fingerprint density at radius 1 is 1.04 bits per heavy atom. The Balaban J connectivity index is 2.05. The molecule has 1 heterocycles. The van der Waals surface area contributed by atoms with Crippen LogP contribution in [0.3, 0.4) is 0 Å². The molecule has 0 spiro atoms. The molecular formula is C21H16F3NO. The fraction of sp³-hybridized carbons (Fsp3) is 0.143. The molecule has 2 aromatic carbocycles. The number of hydrogen-bond acceptors (Lipinski definition) is 2. The van der Waals surface area contributed by atoms with E-state index in [0.717, 1.165) is 6.07 Å². The number of nitrogen functional groups attached to an aromatic ring is 1. The van der Waals surface area contributed by atoms with Crippen molar-refractivity contribution in [3.63, 3.8) is 0 Å². The second kappa shape index (κ2) is 5.80. The van der Waals surface area contributed by atoms with Crippen LogP contribution < -0.4 is 10.5 Å². The van der Waals surface area contributed by atoms with E-state index < -0.39 is 11.7 Å². The molecule has 2 nitrogen and oxygen atoms in total. The monoisotopic (exact) mass is 355 g/mol. The van der Waals surface area contributed by atoms with Gasteiger partial charge in [0.05, 0.1) is 5.56 Å². The Labute approximate surface area is 149 Å². The summed E-state index contributed by atoms with van der Waals surface area (Å²) < 4.78 is 46.8. The Bertz CT molecular complexity index is 983. The largest absolute Gasteiger partial charge is 0.456 e. The third-order valence-corrected chi connectivity index (χ3v) is 4.51. The predicted octanol–water partition coefficient (Wildman–Crippen LogP) is 5.57. The SMILES string of the molecule is CC1C=CC2=C(c3ccccc3C(F)(F)F)c3ccc(N)cc3OC2=C1. The maximum atomic E-state index is 13.6. The van der Waals surface area contributed by atoms with Crippen LogP contribution in [0.4, 0.5) is 18.9 Å². The Morgan fingerprint density at radius 2 is 1.81 bits per heavy atom. The van der Waals surface area contributed by atoms with Crippen molar-refractivity contribution in [3.05, 3.63) is 88.7 Å². The maximum Gasteiger partial charge on any atom is 0.417 e. The van der Waals surface area contributed by atoms with E-state index in [1.54, 1.807) is 24.3 Å². The molecule has 2 N–H and O–H groups in total. The molecule has 2 aliphatic rings. The number of benzene rings is 2. The van der Waals surface area contributed by atoms with Gasteiger partial charge in [0.1, 0.15) is 11.5 Å². The molecule has 0 saturated carbocycles. The van der Waals surface area contributed by atoms with Crippen molar-refractivity contribution in [2.75, 3.05) is 5.73 Å². The van der Waals surface area contributed by atoms with Crippen molar-refractivity contribution in [2.24, 2.45) is 5.92 Å². The van der Waals surface area contributed by atoms with Crippen molar-refractivity contribution < 1.29 is 17.9 Å². The van der Waals surface area contributed by atoms with Crippen LogP contribution in [0.15, 0.2) is 72.0 Å². The van der Waals surface area contributed by atoms with Crippen molar-refractivity contribution in [3.8, 4) is 5.75 Å². The smallest absolute Gasteiger partial charge is 0.417 e. The quantitative estimate of drug-likeness (QED) is 0.679. The molecule has 1 aliphatic heterocycles. The van der Waals surface area contributed by atoms with Gasteiger partial charge in [0.2, 0.25) is 0 Å². The second-order valence-electron chi connectivity index (χ2n) is 6.44. The summed E-state index contributed by atoms with van der Waals surface area (Å²) in [5.41, 5.74) is 7.57. The van der Waals surface area contributed by atoms with Crippen LogP contribution in [-0.2, 0) is 6.18 Å². The van der Waals surface area contributed by atoms with E-state index in [9.17, 15) is 13.2 Å². The van der Waals surface area contributed by atoms with E-state index >= 15 is 0 Å². The summed E-state index contributed by atoms with van der Waals surface area (Å²) in [6.45, 7) is 1.99. The molecule has 26 heavy (non-hydrogen) atoms. The number of anilines is 1. The highest BCUT2D eigenvalue weighted by atomic mass is 19.4. The van der Waals surface area contributed by atoms with Gasteiger partial charge in [0.15, 0.2) is 0 Å². The van der Waals surface area contributed by atoms with E-state index in [-0.39, 0.29) is 11.5 Å². The maximum absolute atomic E-state index is 13.6. The lowest BCUT2D eigenvalue weighted by Gasteiger charge is -2.29. The van der Waals surface area contributed by atoms with Crippen LogP contribution in [0.5, 0.6) is 5.75 Å². The topological polar surface area (TPSA) is 35.2 Å². The average Bonchev–Trinajstić information content (AvgIpc) is 2.58. The van der Waals surface area contributed by atoms with Crippen molar-refractivity contribution >= 4 is 11.3 Å². The molecule has 0 radical (unpaired) electrons. The molecule has 2 aromatic rings. The van der Waals surface area contributed by atoms with Crippen molar-refractivity contribution in [1.29, 1.82) is 0 Å². The number of rotatable bonds is 1. The van der Waals surface area contributed by atoms with Crippen LogP contribution in [0.25, 0.3) is 5.57 Å². The summed E-state index contributed by atoms with van der Waals surface area (Å²) in [5, 5.41) is 0. The summed E-state index contributed by atoms with van der Waals surface area (Å²) in [6, 6.07) is 10.6. The number of fused-ring (bicyclic) bond motifs is 2. The number of halogens is 3. The highest BCUT2D eigenvalue weighted by Crippen LogP contribution is 2.47.